The number of anilines is 1. The summed E-state index contributed by atoms with van der Waals surface area (Å²) in [6.45, 7) is 2.85. The Hall–Kier alpha value is -1.62. The number of nitrogens with two attached hydrogens (primary N) is 1. The van der Waals surface area contributed by atoms with Crippen LogP contribution in [-0.4, -0.2) is 12.5 Å². The van der Waals surface area contributed by atoms with Gasteiger partial charge in [0.25, 0.3) is 5.91 Å². The molecule has 1 fully saturated rings. The van der Waals surface area contributed by atoms with Crippen molar-refractivity contribution in [3.63, 3.8) is 0 Å². The largest absolute Gasteiger partial charge is 0.397 e. The monoisotopic (exact) mass is 306 g/mol. The molecule has 0 spiro atoms. The Morgan fingerprint density at radius 2 is 2.24 bits per heavy atom. The normalized spacial score (nSPS) is 16.1. The number of nitrogens with one attached hydrogen (secondary N) is 1. The maximum Gasteiger partial charge on any atom is 0.263 e. The molecule has 0 unspecified atom stereocenters. The molecule has 112 valence electrons. The standard InChI is InChI=1S/C16H19FN2OS/c1-2-6-16(7-8-16)9-19-15(20)14-13(18)12-10(17)4-3-5-11(12)21-14/h3-5H,2,6-9,18H2,1H3,(H,19,20). The van der Waals surface area contributed by atoms with E-state index in [1.54, 1.807) is 12.1 Å². The topological polar surface area (TPSA) is 55.1 Å². The van der Waals surface area contributed by atoms with E-state index in [1.165, 1.54) is 30.2 Å². The van der Waals surface area contributed by atoms with Crippen molar-refractivity contribution < 1.29 is 9.18 Å². The lowest BCUT2D eigenvalue weighted by Gasteiger charge is -2.14. The molecular formula is C16H19FN2OS. The van der Waals surface area contributed by atoms with Gasteiger partial charge in [0.15, 0.2) is 0 Å². The van der Waals surface area contributed by atoms with E-state index in [1.807, 2.05) is 0 Å². The Bertz CT molecular complexity index is 691. The number of benzene rings is 1. The molecule has 1 aliphatic rings. The number of rotatable bonds is 5. The highest BCUT2D eigenvalue weighted by atomic mass is 32.1. The molecule has 1 amide bonds. The summed E-state index contributed by atoms with van der Waals surface area (Å²) >= 11 is 1.25. The van der Waals surface area contributed by atoms with Gasteiger partial charge in [-0.3, -0.25) is 4.79 Å². The first-order chi connectivity index (χ1) is 10.1. The van der Waals surface area contributed by atoms with Gasteiger partial charge in [-0.1, -0.05) is 19.4 Å². The Balaban J connectivity index is 1.79. The SMILES string of the molecule is CCCC1(CNC(=O)c2sc3cccc(F)c3c2N)CC1. The molecule has 5 heteroatoms. The molecule has 0 aliphatic heterocycles. The van der Waals surface area contributed by atoms with E-state index in [0.29, 0.717) is 26.9 Å². The van der Waals surface area contributed by atoms with Crippen molar-refractivity contribution in [3.8, 4) is 0 Å². The Morgan fingerprint density at radius 1 is 1.48 bits per heavy atom. The molecule has 3 nitrogen and oxygen atoms in total. The van der Waals surface area contributed by atoms with E-state index in [0.717, 1.165) is 12.8 Å². The summed E-state index contributed by atoms with van der Waals surface area (Å²) in [4.78, 5) is 12.7. The van der Waals surface area contributed by atoms with Gasteiger partial charge < -0.3 is 11.1 Å². The molecular weight excluding hydrogens is 287 g/mol. The smallest absolute Gasteiger partial charge is 0.263 e. The number of carbonyl (C=O) groups excluding carboxylic acids is 1. The molecule has 3 N–H and O–H groups in total. The zero-order valence-corrected chi connectivity index (χ0v) is 12.9. The molecule has 3 rings (SSSR count). The van der Waals surface area contributed by atoms with Crippen LogP contribution < -0.4 is 11.1 Å². The first-order valence-corrected chi connectivity index (χ1v) is 8.13. The van der Waals surface area contributed by atoms with E-state index < -0.39 is 0 Å². The fourth-order valence-corrected chi connectivity index (χ4v) is 3.92. The third-order valence-electron chi connectivity index (χ3n) is 4.27. The average molecular weight is 306 g/mol. The van der Waals surface area contributed by atoms with Crippen LogP contribution in [0.25, 0.3) is 10.1 Å². The summed E-state index contributed by atoms with van der Waals surface area (Å²) < 4.78 is 14.5. The molecule has 0 radical (unpaired) electrons. The van der Waals surface area contributed by atoms with Crippen molar-refractivity contribution in [1.82, 2.24) is 5.32 Å². The minimum atomic E-state index is -0.370. The molecule has 1 aromatic heterocycles. The minimum Gasteiger partial charge on any atom is -0.397 e. The maximum atomic E-state index is 13.8. The quantitative estimate of drug-likeness (QED) is 0.879. The number of hydrogen-bond donors (Lipinski definition) is 2. The van der Waals surface area contributed by atoms with Crippen molar-refractivity contribution in [2.24, 2.45) is 5.41 Å². The van der Waals surface area contributed by atoms with Gasteiger partial charge >= 0.3 is 0 Å². The predicted octanol–water partition coefficient (Wildman–Crippen LogP) is 3.93. The van der Waals surface area contributed by atoms with Gasteiger partial charge in [-0.25, -0.2) is 4.39 Å². The molecule has 2 aromatic rings. The minimum absolute atomic E-state index is 0.185. The zero-order chi connectivity index (χ0) is 15.0. The summed E-state index contributed by atoms with van der Waals surface area (Å²) in [5.74, 6) is -0.555. The second-order valence-electron chi connectivity index (χ2n) is 5.89. The molecule has 0 bridgehead atoms. The predicted molar refractivity (Wildman–Crippen MR) is 85.1 cm³/mol. The van der Waals surface area contributed by atoms with Gasteiger partial charge in [0.2, 0.25) is 0 Å². The van der Waals surface area contributed by atoms with Crippen LogP contribution in [0, 0.1) is 11.2 Å². The van der Waals surface area contributed by atoms with E-state index >= 15 is 0 Å². The molecule has 0 saturated heterocycles. The third kappa shape index (κ3) is 2.62. The van der Waals surface area contributed by atoms with Crippen LogP contribution in [0.3, 0.4) is 0 Å². The van der Waals surface area contributed by atoms with Gasteiger partial charge in [-0.2, -0.15) is 0 Å². The lowest BCUT2D eigenvalue weighted by atomic mass is 10.0. The van der Waals surface area contributed by atoms with Crippen LogP contribution >= 0.6 is 11.3 Å². The lowest BCUT2D eigenvalue weighted by Crippen LogP contribution is -2.30. The van der Waals surface area contributed by atoms with Crippen molar-refractivity contribution in [2.45, 2.75) is 32.6 Å². The van der Waals surface area contributed by atoms with E-state index in [-0.39, 0.29) is 17.4 Å². The summed E-state index contributed by atoms with van der Waals surface area (Å²) in [5.41, 5.74) is 6.51. The van der Waals surface area contributed by atoms with Crippen LogP contribution in [0.5, 0.6) is 0 Å². The molecule has 1 aromatic carbocycles. The van der Waals surface area contributed by atoms with E-state index in [9.17, 15) is 9.18 Å². The Labute approximate surface area is 127 Å². The highest BCUT2D eigenvalue weighted by Gasteiger charge is 2.41. The second-order valence-corrected chi connectivity index (χ2v) is 6.94. The summed E-state index contributed by atoms with van der Waals surface area (Å²) in [6.07, 6.45) is 4.63. The number of amides is 1. The van der Waals surface area contributed by atoms with Gasteiger partial charge in [-0.15, -0.1) is 11.3 Å². The van der Waals surface area contributed by atoms with Crippen LogP contribution in [-0.2, 0) is 0 Å². The van der Waals surface area contributed by atoms with E-state index in [4.69, 9.17) is 5.73 Å². The summed E-state index contributed by atoms with van der Waals surface area (Å²) in [6, 6.07) is 4.79. The fraction of sp³-hybridized carbons (Fsp3) is 0.438. The van der Waals surface area contributed by atoms with Crippen LogP contribution in [0.1, 0.15) is 42.3 Å². The Morgan fingerprint density at radius 3 is 2.86 bits per heavy atom. The molecule has 0 atom stereocenters. The van der Waals surface area contributed by atoms with E-state index in [2.05, 4.69) is 12.2 Å². The van der Waals surface area contributed by atoms with Crippen molar-refractivity contribution >= 4 is 33.0 Å². The highest BCUT2D eigenvalue weighted by molar-refractivity contribution is 7.21. The van der Waals surface area contributed by atoms with Crippen molar-refractivity contribution in [3.05, 3.63) is 28.9 Å². The number of hydrogen-bond acceptors (Lipinski definition) is 3. The van der Waals surface area contributed by atoms with Gasteiger partial charge in [0, 0.05) is 11.2 Å². The second kappa shape index (κ2) is 5.30. The number of thiophene rings is 1. The number of carbonyl (C=O) groups is 1. The summed E-state index contributed by atoms with van der Waals surface area (Å²) in [7, 11) is 0. The van der Waals surface area contributed by atoms with Crippen molar-refractivity contribution in [2.75, 3.05) is 12.3 Å². The van der Waals surface area contributed by atoms with Gasteiger partial charge in [-0.05, 0) is 36.8 Å². The van der Waals surface area contributed by atoms with Crippen LogP contribution in [0.15, 0.2) is 18.2 Å². The first kappa shape index (κ1) is 14.3. The average Bonchev–Trinajstić information content (AvgIpc) is 3.14. The number of nitrogen functional groups attached to an aromatic ring is 1. The van der Waals surface area contributed by atoms with Gasteiger partial charge in [0.05, 0.1) is 11.1 Å². The van der Waals surface area contributed by atoms with Crippen molar-refractivity contribution in [1.29, 1.82) is 0 Å². The number of halogens is 1. The third-order valence-corrected chi connectivity index (χ3v) is 5.44. The fourth-order valence-electron chi connectivity index (χ4n) is 2.87. The maximum absolute atomic E-state index is 13.8. The molecule has 1 aliphatic carbocycles. The molecule has 1 saturated carbocycles. The van der Waals surface area contributed by atoms with Gasteiger partial charge in [0.1, 0.15) is 10.7 Å². The van der Waals surface area contributed by atoms with Crippen LogP contribution in [0.2, 0.25) is 0 Å². The zero-order valence-electron chi connectivity index (χ0n) is 12.0. The highest BCUT2D eigenvalue weighted by Crippen LogP contribution is 2.49. The Kier molecular flexibility index (Phi) is 3.61. The summed E-state index contributed by atoms with van der Waals surface area (Å²) in [5, 5.41) is 3.34. The molecule has 21 heavy (non-hydrogen) atoms. The first-order valence-electron chi connectivity index (χ1n) is 7.31. The lowest BCUT2D eigenvalue weighted by molar-refractivity contribution is 0.0948. The number of fused-ring (bicyclic) bond motifs is 1. The molecule has 1 heterocycles. The van der Waals surface area contributed by atoms with Crippen LogP contribution in [0.4, 0.5) is 10.1 Å².